The van der Waals surface area contributed by atoms with Crippen molar-refractivity contribution in [2.24, 2.45) is 0 Å². The number of benzene rings is 2. The van der Waals surface area contributed by atoms with Gasteiger partial charge in [-0.3, -0.25) is 9.59 Å². The number of nitrogens with zero attached hydrogens (tertiary/aromatic N) is 1. The van der Waals surface area contributed by atoms with Crippen LogP contribution < -0.4 is 16.0 Å². The second-order valence-electron chi connectivity index (χ2n) is 5.87. The van der Waals surface area contributed by atoms with E-state index in [2.05, 4.69) is 20.9 Å². The molecule has 0 atom stereocenters. The van der Waals surface area contributed by atoms with Crippen LogP contribution in [-0.4, -0.2) is 16.8 Å². The molecule has 3 N–H and O–H groups in total. The zero-order valence-corrected chi connectivity index (χ0v) is 15.5. The maximum absolute atomic E-state index is 13.8. The van der Waals surface area contributed by atoms with Crippen molar-refractivity contribution in [3.05, 3.63) is 77.2 Å². The van der Waals surface area contributed by atoms with E-state index < -0.39 is 11.7 Å². The van der Waals surface area contributed by atoms with Gasteiger partial charge in [0.2, 0.25) is 5.91 Å². The number of carbonyl (C=O) groups is 2. The molecule has 6 nitrogen and oxygen atoms in total. The Labute approximate surface area is 165 Å². The molecular formula is C20H16ClFN4O2. The fraction of sp³-hybridized carbons (Fsp3) is 0.0500. The number of halogens is 2. The standard InChI is InChI=1S/C20H16ClFN4O2/c1-12(27)24-13-5-7-14(8-6-13)25-15-9-10-18(23-11-15)26-20(28)19-16(21)3-2-4-17(19)22/h2-11,25H,1H3,(H,24,27)(H,23,26,28). The van der Waals surface area contributed by atoms with E-state index in [0.29, 0.717) is 11.4 Å². The minimum absolute atomic E-state index is 0.0264. The molecule has 0 bridgehead atoms. The highest BCUT2D eigenvalue weighted by molar-refractivity contribution is 6.34. The van der Waals surface area contributed by atoms with Gasteiger partial charge in [-0.15, -0.1) is 0 Å². The first kappa shape index (κ1) is 19.3. The Kier molecular flexibility index (Phi) is 5.86. The molecule has 2 amide bonds. The molecule has 1 aromatic heterocycles. The van der Waals surface area contributed by atoms with Crippen LogP contribution in [0.1, 0.15) is 17.3 Å². The third-order valence-electron chi connectivity index (χ3n) is 3.69. The number of amides is 2. The molecule has 8 heteroatoms. The maximum atomic E-state index is 13.8. The van der Waals surface area contributed by atoms with E-state index in [9.17, 15) is 14.0 Å². The summed E-state index contributed by atoms with van der Waals surface area (Å²) < 4.78 is 13.8. The molecule has 0 saturated heterocycles. The Hall–Kier alpha value is -3.45. The topological polar surface area (TPSA) is 83.1 Å². The summed E-state index contributed by atoms with van der Waals surface area (Å²) >= 11 is 5.89. The highest BCUT2D eigenvalue weighted by Crippen LogP contribution is 2.22. The first-order valence-electron chi connectivity index (χ1n) is 8.28. The zero-order chi connectivity index (χ0) is 20.1. The number of nitrogens with one attached hydrogen (secondary N) is 3. The van der Waals surface area contributed by atoms with Crippen LogP contribution in [0.15, 0.2) is 60.8 Å². The minimum atomic E-state index is -0.703. The number of aromatic nitrogens is 1. The smallest absolute Gasteiger partial charge is 0.261 e. The first-order valence-corrected chi connectivity index (χ1v) is 8.66. The van der Waals surface area contributed by atoms with Crippen molar-refractivity contribution < 1.29 is 14.0 Å². The summed E-state index contributed by atoms with van der Waals surface area (Å²) in [5.74, 6) is -1.26. The van der Waals surface area contributed by atoms with Crippen molar-refractivity contribution in [1.29, 1.82) is 0 Å². The van der Waals surface area contributed by atoms with Gasteiger partial charge in [-0.1, -0.05) is 17.7 Å². The SMILES string of the molecule is CC(=O)Nc1ccc(Nc2ccc(NC(=O)c3c(F)cccc3Cl)nc2)cc1. The molecule has 2 aromatic carbocycles. The molecule has 3 aromatic rings. The van der Waals surface area contributed by atoms with Gasteiger partial charge >= 0.3 is 0 Å². The predicted molar refractivity (Wildman–Crippen MR) is 108 cm³/mol. The molecule has 0 aliphatic carbocycles. The van der Waals surface area contributed by atoms with Gasteiger partial charge in [-0.2, -0.15) is 0 Å². The van der Waals surface area contributed by atoms with Gasteiger partial charge in [0, 0.05) is 18.3 Å². The molecule has 0 aliphatic rings. The molecule has 142 valence electrons. The largest absolute Gasteiger partial charge is 0.354 e. The van der Waals surface area contributed by atoms with E-state index in [0.717, 1.165) is 5.69 Å². The van der Waals surface area contributed by atoms with Crippen LogP contribution in [0.2, 0.25) is 5.02 Å². The van der Waals surface area contributed by atoms with Gasteiger partial charge in [-0.05, 0) is 48.5 Å². The average Bonchev–Trinajstić information content (AvgIpc) is 2.64. The lowest BCUT2D eigenvalue weighted by molar-refractivity contribution is -0.114. The highest BCUT2D eigenvalue weighted by Gasteiger charge is 2.16. The second kappa shape index (κ2) is 8.49. The van der Waals surface area contributed by atoms with Gasteiger partial charge < -0.3 is 16.0 Å². The third kappa shape index (κ3) is 4.83. The van der Waals surface area contributed by atoms with Crippen LogP contribution in [0.3, 0.4) is 0 Å². The van der Waals surface area contributed by atoms with E-state index in [-0.39, 0.29) is 22.3 Å². The summed E-state index contributed by atoms with van der Waals surface area (Å²) in [6.07, 6.45) is 1.53. The van der Waals surface area contributed by atoms with Gasteiger partial charge in [0.15, 0.2) is 0 Å². The van der Waals surface area contributed by atoms with Crippen molar-refractivity contribution >= 4 is 46.3 Å². The summed E-state index contributed by atoms with van der Waals surface area (Å²) in [5.41, 5.74) is 1.95. The van der Waals surface area contributed by atoms with Crippen molar-refractivity contribution in [1.82, 2.24) is 4.98 Å². The monoisotopic (exact) mass is 398 g/mol. The Bertz CT molecular complexity index is 987. The van der Waals surface area contributed by atoms with Crippen LogP contribution in [0.25, 0.3) is 0 Å². The van der Waals surface area contributed by atoms with Crippen molar-refractivity contribution in [2.75, 3.05) is 16.0 Å². The summed E-state index contributed by atoms with van der Waals surface area (Å²) in [6.45, 7) is 1.44. The molecule has 28 heavy (non-hydrogen) atoms. The number of hydrogen-bond donors (Lipinski definition) is 3. The Morgan fingerprint density at radius 3 is 2.21 bits per heavy atom. The second-order valence-corrected chi connectivity index (χ2v) is 6.27. The number of carbonyl (C=O) groups excluding carboxylic acids is 2. The Balaban J connectivity index is 1.65. The van der Waals surface area contributed by atoms with Gasteiger partial charge in [0.1, 0.15) is 11.6 Å². The van der Waals surface area contributed by atoms with E-state index in [4.69, 9.17) is 11.6 Å². The molecule has 0 unspecified atom stereocenters. The Morgan fingerprint density at radius 1 is 0.929 bits per heavy atom. The number of anilines is 4. The molecule has 0 radical (unpaired) electrons. The van der Waals surface area contributed by atoms with Crippen LogP contribution in [-0.2, 0) is 4.79 Å². The van der Waals surface area contributed by atoms with Crippen LogP contribution >= 0.6 is 11.6 Å². The molecule has 0 aliphatic heterocycles. The first-order chi connectivity index (χ1) is 13.4. The summed E-state index contributed by atoms with van der Waals surface area (Å²) in [7, 11) is 0. The molecule has 1 heterocycles. The van der Waals surface area contributed by atoms with E-state index in [1.165, 1.54) is 31.3 Å². The maximum Gasteiger partial charge on any atom is 0.261 e. The van der Waals surface area contributed by atoms with Crippen molar-refractivity contribution in [3.63, 3.8) is 0 Å². The number of pyridine rings is 1. The Morgan fingerprint density at radius 2 is 1.61 bits per heavy atom. The van der Waals surface area contributed by atoms with E-state index in [1.54, 1.807) is 36.4 Å². The molecule has 0 spiro atoms. The fourth-order valence-corrected chi connectivity index (χ4v) is 2.69. The van der Waals surface area contributed by atoms with Gasteiger partial charge in [-0.25, -0.2) is 9.37 Å². The highest BCUT2D eigenvalue weighted by atomic mass is 35.5. The quantitative estimate of drug-likeness (QED) is 0.575. The minimum Gasteiger partial charge on any atom is -0.354 e. The lowest BCUT2D eigenvalue weighted by Crippen LogP contribution is -2.15. The average molecular weight is 399 g/mol. The third-order valence-corrected chi connectivity index (χ3v) is 4.00. The van der Waals surface area contributed by atoms with Crippen molar-refractivity contribution in [2.45, 2.75) is 6.92 Å². The van der Waals surface area contributed by atoms with Gasteiger partial charge in [0.05, 0.1) is 22.5 Å². The molecule has 0 saturated carbocycles. The summed E-state index contributed by atoms with van der Waals surface area (Å²) in [6, 6.07) is 14.5. The van der Waals surface area contributed by atoms with E-state index >= 15 is 0 Å². The normalized spacial score (nSPS) is 10.2. The van der Waals surface area contributed by atoms with Crippen LogP contribution in [0.5, 0.6) is 0 Å². The summed E-state index contributed by atoms with van der Waals surface area (Å²) in [4.78, 5) is 27.4. The number of rotatable bonds is 5. The lowest BCUT2D eigenvalue weighted by Gasteiger charge is -2.10. The van der Waals surface area contributed by atoms with Crippen LogP contribution in [0, 0.1) is 5.82 Å². The predicted octanol–water partition coefficient (Wildman–Crippen LogP) is 4.83. The molecular weight excluding hydrogens is 383 g/mol. The zero-order valence-electron chi connectivity index (χ0n) is 14.8. The van der Waals surface area contributed by atoms with Crippen LogP contribution in [0.4, 0.5) is 27.3 Å². The number of hydrogen-bond acceptors (Lipinski definition) is 4. The van der Waals surface area contributed by atoms with E-state index in [1.807, 2.05) is 0 Å². The fourth-order valence-electron chi connectivity index (χ4n) is 2.44. The summed E-state index contributed by atoms with van der Waals surface area (Å²) in [5, 5.41) is 8.37. The lowest BCUT2D eigenvalue weighted by atomic mass is 10.2. The molecule has 3 rings (SSSR count). The van der Waals surface area contributed by atoms with Crippen molar-refractivity contribution in [3.8, 4) is 0 Å². The molecule has 0 fully saturated rings. The van der Waals surface area contributed by atoms with Gasteiger partial charge in [0.25, 0.3) is 5.91 Å².